The predicted molar refractivity (Wildman–Crippen MR) is 89.8 cm³/mol. The van der Waals surface area contributed by atoms with E-state index < -0.39 is 0 Å². The average molecular weight is 316 g/mol. The maximum absolute atomic E-state index is 10.1. The van der Waals surface area contributed by atoms with E-state index in [1.807, 2.05) is 24.3 Å². The number of phenolic OH excluding ortho intramolecular Hbond substituents is 2. The molecule has 4 nitrogen and oxygen atoms in total. The Morgan fingerprint density at radius 3 is 1.48 bits per heavy atom. The van der Waals surface area contributed by atoms with Crippen molar-refractivity contribution in [3.63, 3.8) is 0 Å². The summed E-state index contributed by atoms with van der Waals surface area (Å²) in [6, 6.07) is 10.9. The summed E-state index contributed by atoms with van der Waals surface area (Å²) in [5.74, 6) is 0.413. The van der Waals surface area contributed by atoms with Crippen LogP contribution < -0.4 is 0 Å². The van der Waals surface area contributed by atoms with E-state index >= 15 is 0 Å². The van der Waals surface area contributed by atoms with Gasteiger partial charge in [-0.3, -0.25) is 0 Å². The summed E-state index contributed by atoms with van der Waals surface area (Å²) in [6.07, 6.45) is 3.33. The first kappa shape index (κ1) is 17.3. The molecule has 0 saturated carbocycles. The van der Waals surface area contributed by atoms with Gasteiger partial charge in [-0.05, 0) is 60.1 Å². The van der Waals surface area contributed by atoms with Gasteiger partial charge in [0.2, 0.25) is 0 Å². The highest BCUT2D eigenvalue weighted by molar-refractivity contribution is 5.44. The molecule has 0 aromatic heterocycles. The fourth-order valence-electron chi connectivity index (χ4n) is 2.64. The molecule has 0 atom stereocenters. The molecule has 0 heterocycles. The van der Waals surface area contributed by atoms with Crippen LogP contribution in [0.1, 0.15) is 35.1 Å². The van der Waals surface area contributed by atoms with Crippen LogP contribution in [0.3, 0.4) is 0 Å². The zero-order valence-corrected chi connectivity index (χ0v) is 13.2. The number of benzene rings is 2. The number of aryl methyl sites for hydroxylation is 2. The SMILES string of the molecule is OCCCc1ccc(O)c(Cc2cc(CCCO)ccc2O)c1. The molecule has 0 spiro atoms. The molecule has 4 N–H and O–H groups in total. The molecule has 0 aliphatic heterocycles. The molecule has 2 rings (SSSR count). The highest BCUT2D eigenvalue weighted by Gasteiger charge is 2.09. The Morgan fingerprint density at radius 1 is 0.652 bits per heavy atom. The molecule has 23 heavy (non-hydrogen) atoms. The van der Waals surface area contributed by atoms with E-state index in [-0.39, 0.29) is 24.7 Å². The van der Waals surface area contributed by atoms with Crippen molar-refractivity contribution in [2.45, 2.75) is 32.1 Å². The van der Waals surface area contributed by atoms with Crippen molar-refractivity contribution in [3.05, 3.63) is 58.7 Å². The first-order chi connectivity index (χ1) is 11.1. The second-order valence-corrected chi connectivity index (χ2v) is 5.76. The fourth-order valence-corrected chi connectivity index (χ4v) is 2.64. The van der Waals surface area contributed by atoms with Crippen molar-refractivity contribution in [2.24, 2.45) is 0 Å². The van der Waals surface area contributed by atoms with E-state index in [0.717, 1.165) is 35.1 Å². The van der Waals surface area contributed by atoms with Gasteiger partial charge in [-0.25, -0.2) is 0 Å². The summed E-state index contributed by atoms with van der Waals surface area (Å²) < 4.78 is 0. The molecule has 0 aliphatic carbocycles. The van der Waals surface area contributed by atoms with Crippen LogP contribution in [0.5, 0.6) is 11.5 Å². The van der Waals surface area contributed by atoms with Crippen molar-refractivity contribution in [2.75, 3.05) is 13.2 Å². The lowest BCUT2D eigenvalue weighted by Crippen LogP contribution is -1.96. The topological polar surface area (TPSA) is 80.9 Å². The number of aliphatic hydroxyl groups excluding tert-OH is 2. The van der Waals surface area contributed by atoms with Crippen LogP contribution in [0.15, 0.2) is 36.4 Å². The number of phenols is 2. The van der Waals surface area contributed by atoms with Crippen LogP contribution in [-0.4, -0.2) is 33.6 Å². The maximum atomic E-state index is 10.1. The van der Waals surface area contributed by atoms with Crippen LogP contribution >= 0.6 is 0 Å². The molecule has 0 amide bonds. The molecule has 0 fully saturated rings. The lowest BCUT2D eigenvalue weighted by Gasteiger charge is -2.11. The van der Waals surface area contributed by atoms with Gasteiger partial charge in [0, 0.05) is 19.6 Å². The normalized spacial score (nSPS) is 10.9. The number of aromatic hydroxyl groups is 2. The summed E-state index contributed by atoms with van der Waals surface area (Å²) in [5.41, 5.74) is 3.63. The lowest BCUT2D eigenvalue weighted by molar-refractivity contribution is 0.288. The second-order valence-electron chi connectivity index (χ2n) is 5.76. The molecule has 0 bridgehead atoms. The molecule has 4 heteroatoms. The van der Waals surface area contributed by atoms with Crippen molar-refractivity contribution < 1.29 is 20.4 Å². The van der Waals surface area contributed by atoms with Crippen molar-refractivity contribution >= 4 is 0 Å². The van der Waals surface area contributed by atoms with Crippen LogP contribution in [0.2, 0.25) is 0 Å². The van der Waals surface area contributed by atoms with Crippen molar-refractivity contribution in [1.82, 2.24) is 0 Å². The first-order valence-corrected chi connectivity index (χ1v) is 7.97. The number of hydrogen-bond acceptors (Lipinski definition) is 4. The van der Waals surface area contributed by atoms with E-state index in [2.05, 4.69) is 0 Å². The van der Waals surface area contributed by atoms with Crippen LogP contribution in [0.4, 0.5) is 0 Å². The number of hydrogen-bond donors (Lipinski definition) is 4. The summed E-state index contributed by atoms with van der Waals surface area (Å²) in [7, 11) is 0. The zero-order valence-electron chi connectivity index (χ0n) is 13.2. The van der Waals surface area contributed by atoms with Crippen LogP contribution in [0.25, 0.3) is 0 Å². The minimum atomic E-state index is 0.143. The minimum absolute atomic E-state index is 0.143. The van der Waals surface area contributed by atoms with E-state index in [1.165, 1.54) is 0 Å². The molecule has 0 unspecified atom stereocenters. The zero-order chi connectivity index (χ0) is 16.7. The molecule has 0 saturated heterocycles. The quantitative estimate of drug-likeness (QED) is 0.603. The molecule has 0 aliphatic rings. The summed E-state index contributed by atoms with van der Waals surface area (Å²) >= 11 is 0. The smallest absolute Gasteiger partial charge is 0.119 e. The Bertz CT molecular complexity index is 582. The summed E-state index contributed by atoms with van der Waals surface area (Å²) in [5, 5.41) is 38.0. The van der Waals surface area contributed by atoms with E-state index in [9.17, 15) is 10.2 Å². The summed E-state index contributed by atoms with van der Waals surface area (Å²) in [4.78, 5) is 0. The van der Waals surface area contributed by atoms with Gasteiger partial charge in [0.25, 0.3) is 0 Å². The third-order valence-corrected chi connectivity index (χ3v) is 3.92. The van der Waals surface area contributed by atoms with Gasteiger partial charge in [0.05, 0.1) is 0 Å². The highest BCUT2D eigenvalue weighted by Crippen LogP contribution is 2.27. The van der Waals surface area contributed by atoms with Gasteiger partial charge >= 0.3 is 0 Å². The van der Waals surface area contributed by atoms with E-state index in [0.29, 0.717) is 19.3 Å². The van der Waals surface area contributed by atoms with Gasteiger partial charge in [-0.2, -0.15) is 0 Å². The number of rotatable bonds is 8. The fraction of sp³-hybridized carbons (Fsp3) is 0.368. The molecule has 124 valence electrons. The predicted octanol–water partition coefficient (Wildman–Crippen LogP) is 2.54. The Kier molecular flexibility index (Phi) is 6.44. The Morgan fingerprint density at radius 2 is 1.09 bits per heavy atom. The largest absolute Gasteiger partial charge is 0.508 e. The highest BCUT2D eigenvalue weighted by atomic mass is 16.3. The lowest BCUT2D eigenvalue weighted by atomic mass is 9.97. The maximum Gasteiger partial charge on any atom is 0.119 e. The Labute approximate surface area is 136 Å². The van der Waals surface area contributed by atoms with Crippen molar-refractivity contribution in [3.8, 4) is 11.5 Å². The summed E-state index contributed by atoms with van der Waals surface area (Å²) in [6.45, 7) is 0.286. The Hall–Kier alpha value is -2.04. The first-order valence-electron chi connectivity index (χ1n) is 7.97. The Balaban J connectivity index is 2.20. The van der Waals surface area contributed by atoms with Gasteiger partial charge in [-0.1, -0.05) is 24.3 Å². The van der Waals surface area contributed by atoms with E-state index in [1.54, 1.807) is 12.1 Å². The third kappa shape index (κ3) is 4.98. The number of aliphatic hydroxyl groups is 2. The van der Waals surface area contributed by atoms with Gasteiger partial charge in [0.1, 0.15) is 11.5 Å². The van der Waals surface area contributed by atoms with E-state index in [4.69, 9.17) is 10.2 Å². The van der Waals surface area contributed by atoms with Gasteiger partial charge in [-0.15, -0.1) is 0 Å². The van der Waals surface area contributed by atoms with Crippen molar-refractivity contribution in [1.29, 1.82) is 0 Å². The molecular formula is C19H24O4. The second kappa shape index (κ2) is 8.56. The average Bonchev–Trinajstić information content (AvgIpc) is 2.56. The monoisotopic (exact) mass is 316 g/mol. The molecule has 2 aromatic rings. The van der Waals surface area contributed by atoms with Gasteiger partial charge < -0.3 is 20.4 Å². The molecule has 0 radical (unpaired) electrons. The third-order valence-electron chi connectivity index (χ3n) is 3.92. The molecule has 2 aromatic carbocycles. The van der Waals surface area contributed by atoms with Gasteiger partial charge in [0.15, 0.2) is 0 Å². The van der Waals surface area contributed by atoms with Crippen LogP contribution in [-0.2, 0) is 19.3 Å². The standard InChI is InChI=1S/C19H24O4/c20-9-1-3-14-5-7-18(22)16(11-14)13-17-12-15(4-2-10-21)6-8-19(17)23/h5-8,11-12,20-23H,1-4,9-10,13H2. The van der Waals surface area contributed by atoms with Crippen LogP contribution in [0, 0.1) is 0 Å². The minimum Gasteiger partial charge on any atom is -0.508 e. The molecular weight excluding hydrogens is 292 g/mol.